The Morgan fingerprint density at radius 3 is 2.39 bits per heavy atom. The fourth-order valence-corrected chi connectivity index (χ4v) is 3.15. The minimum Gasteiger partial charge on any atom is -0.461 e. The van der Waals surface area contributed by atoms with E-state index < -0.39 is 11.7 Å². The maximum atomic E-state index is 11.5. The number of ether oxygens (including phenoxy) is 2. The molecular formula is C18H33NO4. The molecule has 134 valence electrons. The van der Waals surface area contributed by atoms with Gasteiger partial charge in [-0.25, -0.2) is 4.79 Å². The summed E-state index contributed by atoms with van der Waals surface area (Å²) in [6, 6.07) is 0. The number of cyclic esters (lactones) is 1. The topological polar surface area (TPSA) is 78.6 Å². The summed E-state index contributed by atoms with van der Waals surface area (Å²) in [7, 11) is 0. The largest absolute Gasteiger partial charge is 0.461 e. The van der Waals surface area contributed by atoms with E-state index in [0.29, 0.717) is 0 Å². The molecule has 0 aromatic rings. The number of carbonyl (C=O) groups excluding carboxylic acids is 2. The van der Waals surface area contributed by atoms with Gasteiger partial charge in [0, 0.05) is 0 Å². The summed E-state index contributed by atoms with van der Waals surface area (Å²) in [5.74, 6) is 0.115. The van der Waals surface area contributed by atoms with E-state index in [-0.39, 0.29) is 18.0 Å². The molecule has 5 heteroatoms. The monoisotopic (exact) mass is 327 g/mol. The normalized spacial score (nSPS) is 20.7. The first-order valence-corrected chi connectivity index (χ1v) is 9.04. The number of hydrogen-bond donors (Lipinski definition) is 1. The minimum absolute atomic E-state index is 0.0116. The molecule has 0 saturated carbocycles. The number of rotatable bonds is 12. The number of carbonyl (C=O) groups is 2. The standard InChI is InChI=1S/C18H33NO4/c1-4-5-6-8-11-14-15(22-16(14)20)12-9-7-10-13-18(2,3)23-17(19)21/h14-15H,4-13H2,1-3H3,(H2,19,21)/t14-,15-/m1/s1. The highest BCUT2D eigenvalue weighted by molar-refractivity contribution is 5.78. The van der Waals surface area contributed by atoms with Crippen LogP contribution in [0.5, 0.6) is 0 Å². The van der Waals surface area contributed by atoms with Gasteiger partial charge in [-0.15, -0.1) is 0 Å². The smallest absolute Gasteiger partial charge is 0.405 e. The lowest BCUT2D eigenvalue weighted by atomic mass is 9.87. The lowest BCUT2D eigenvalue weighted by Crippen LogP contribution is -2.44. The molecule has 1 aliphatic rings. The molecule has 0 unspecified atom stereocenters. The summed E-state index contributed by atoms with van der Waals surface area (Å²) >= 11 is 0. The first-order valence-electron chi connectivity index (χ1n) is 9.04. The zero-order valence-electron chi connectivity index (χ0n) is 14.9. The second-order valence-electron chi connectivity index (χ2n) is 7.21. The lowest BCUT2D eigenvalue weighted by molar-refractivity contribution is -0.186. The van der Waals surface area contributed by atoms with Crippen LogP contribution in [0.2, 0.25) is 0 Å². The summed E-state index contributed by atoms with van der Waals surface area (Å²) in [6.07, 6.45) is 9.97. The van der Waals surface area contributed by atoms with Crippen molar-refractivity contribution in [1.29, 1.82) is 0 Å². The summed E-state index contributed by atoms with van der Waals surface area (Å²) in [5, 5.41) is 0. The van der Waals surface area contributed by atoms with Crippen LogP contribution in [0.1, 0.15) is 85.0 Å². The Hall–Kier alpha value is -1.26. The predicted octanol–water partition coefficient (Wildman–Crippen LogP) is 4.32. The van der Waals surface area contributed by atoms with Crippen LogP contribution in [-0.2, 0) is 14.3 Å². The van der Waals surface area contributed by atoms with Crippen LogP contribution in [0, 0.1) is 5.92 Å². The Balaban J connectivity index is 2.11. The lowest BCUT2D eigenvalue weighted by Gasteiger charge is -2.35. The summed E-state index contributed by atoms with van der Waals surface area (Å²) in [6.45, 7) is 5.94. The van der Waals surface area contributed by atoms with Gasteiger partial charge < -0.3 is 15.2 Å². The number of unbranched alkanes of at least 4 members (excludes halogenated alkanes) is 5. The first kappa shape index (κ1) is 19.8. The van der Waals surface area contributed by atoms with E-state index in [0.717, 1.165) is 44.9 Å². The minimum atomic E-state index is -0.720. The van der Waals surface area contributed by atoms with Crippen LogP contribution >= 0.6 is 0 Å². The van der Waals surface area contributed by atoms with E-state index >= 15 is 0 Å². The van der Waals surface area contributed by atoms with E-state index in [1.165, 1.54) is 19.3 Å². The SMILES string of the molecule is CCCCCC[C@H]1C(=O)O[C@@H]1CCCCCC(C)(C)OC(N)=O. The van der Waals surface area contributed by atoms with Crippen molar-refractivity contribution in [2.75, 3.05) is 0 Å². The molecule has 23 heavy (non-hydrogen) atoms. The van der Waals surface area contributed by atoms with Gasteiger partial charge in [-0.3, -0.25) is 4.79 Å². The Bertz CT molecular complexity index is 381. The molecule has 2 N–H and O–H groups in total. The van der Waals surface area contributed by atoms with Crippen LogP contribution in [-0.4, -0.2) is 23.8 Å². The number of primary amides is 1. The predicted molar refractivity (Wildman–Crippen MR) is 90.0 cm³/mol. The number of hydrogen-bond acceptors (Lipinski definition) is 4. The van der Waals surface area contributed by atoms with E-state index in [9.17, 15) is 9.59 Å². The number of esters is 1. The average molecular weight is 327 g/mol. The molecule has 0 radical (unpaired) electrons. The summed E-state index contributed by atoms with van der Waals surface area (Å²) < 4.78 is 10.3. The van der Waals surface area contributed by atoms with E-state index in [2.05, 4.69) is 6.92 Å². The van der Waals surface area contributed by atoms with Gasteiger partial charge in [-0.1, -0.05) is 39.0 Å². The second kappa shape index (κ2) is 9.78. The van der Waals surface area contributed by atoms with Crippen LogP contribution < -0.4 is 5.73 Å². The first-order chi connectivity index (χ1) is 10.9. The maximum absolute atomic E-state index is 11.5. The molecule has 1 rings (SSSR count). The summed E-state index contributed by atoms with van der Waals surface area (Å²) in [4.78, 5) is 22.3. The van der Waals surface area contributed by atoms with Crippen molar-refractivity contribution in [3.05, 3.63) is 0 Å². The zero-order valence-corrected chi connectivity index (χ0v) is 14.9. The van der Waals surface area contributed by atoms with Crippen LogP contribution in [0.25, 0.3) is 0 Å². The fourth-order valence-electron chi connectivity index (χ4n) is 3.15. The molecule has 1 fully saturated rings. The maximum Gasteiger partial charge on any atom is 0.405 e. The molecule has 0 aromatic heterocycles. The highest BCUT2D eigenvalue weighted by Gasteiger charge is 2.40. The van der Waals surface area contributed by atoms with Crippen molar-refractivity contribution in [3.8, 4) is 0 Å². The van der Waals surface area contributed by atoms with Gasteiger partial charge in [0.15, 0.2) is 0 Å². The van der Waals surface area contributed by atoms with Gasteiger partial charge in [0.05, 0.1) is 5.92 Å². The van der Waals surface area contributed by atoms with Crippen molar-refractivity contribution < 1.29 is 19.1 Å². The highest BCUT2D eigenvalue weighted by atomic mass is 16.6. The van der Waals surface area contributed by atoms with Crippen LogP contribution in [0.15, 0.2) is 0 Å². The Morgan fingerprint density at radius 2 is 1.78 bits per heavy atom. The molecule has 1 heterocycles. The van der Waals surface area contributed by atoms with Gasteiger partial charge in [0.2, 0.25) is 0 Å². The van der Waals surface area contributed by atoms with Gasteiger partial charge >= 0.3 is 12.1 Å². The second-order valence-corrected chi connectivity index (χ2v) is 7.21. The Morgan fingerprint density at radius 1 is 1.13 bits per heavy atom. The third-order valence-electron chi connectivity index (χ3n) is 4.53. The molecule has 0 spiro atoms. The molecule has 1 amide bonds. The average Bonchev–Trinajstić information content (AvgIpc) is 2.44. The van der Waals surface area contributed by atoms with Crippen LogP contribution in [0.3, 0.4) is 0 Å². The molecule has 0 aliphatic carbocycles. The molecule has 2 atom stereocenters. The van der Waals surface area contributed by atoms with E-state index in [1.54, 1.807) is 0 Å². The fraction of sp³-hybridized carbons (Fsp3) is 0.889. The van der Waals surface area contributed by atoms with Crippen molar-refractivity contribution in [1.82, 2.24) is 0 Å². The molecule has 1 aliphatic heterocycles. The quantitative estimate of drug-likeness (QED) is 0.427. The van der Waals surface area contributed by atoms with Crippen molar-refractivity contribution >= 4 is 12.1 Å². The van der Waals surface area contributed by atoms with E-state index in [1.807, 2.05) is 13.8 Å². The van der Waals surface area contributed by atoms with Gasteiger partial charge in [0.1, 0.15) is 11.7 Å². The van der Waals surface area contributed by atoms with Gasteiger partial charge in [0.25, 0.3) is 0 Å². The van der Waals surface area contributed by atoms with Gasteiger partial charge in [-0.05, 0) is 46.0 Å². The molecule has 0 bridgehead atoms. The third kappa shape index (κ3) is 7.71. The number of nitrogens with two attached hydrogens (primary N) is 1. The zero-order chi connectivity index (χ0) is 17.3. The van der Waals surface area contributed by atoms with Crippen molar-refractivity contribution in [2.45, 2.75) is 96.7 Å². The summed E-state index contributed by atoms with van der Waals surface area (Å²) in [5.41, 5.74) is 4.55. The van der Waals surface area contributed by atoms with Gasteiger partial charge in [-0.2, -0.15) is 0 Å². The van der Waals surface area contributed by atoms with E-state index in [4.69, 9.17) is 15.2 Å². The third-order valence-corrected chi connectivity index (χ3v) is 4.53. The number of amides is 1. The van der Waals surface area contributed by atoms with Crippen LogP contribution in [0.4, 0.5) is 4.79 Å². The molecule has 1 saturated heterocycles. The van der Waals surface area contributed by atoms with Crippen molar-refractivity contribution in [3.63, 3.8) is 0 Å². The van der Waals surface area contributed by atoms with Crippen molar-refractivity contribution in [2.24, 2.45) is 11.7 Å². The Kier molecular flexibility index (Phi) is 8.42. The molecule has 5 nitrogen and oxygen atoms in total. The highest BCUT2D eigenvalue weighted by Crippen LogP contribution is 2.31. The Labute approximate surface area is 140 Å². The molecule has 0 aromatic carbocycles. The molecular weight excluding hydrogens is 294 g/mol.